The van der Waals surface area contributed by atoms with Crippen LogP contribution in [0.15, 0.2) is 12.3 Å². The molecule has 0 aromatic heterocycles. The summed E-state index contributed by atoms with van der Waals surface area (Å²) >= 11 is 0. The van der Waals surface area contributed by atoms with Crippen LogP contribution in [0.3, 0.4) is 0 Å². The van der Waals surface area contributed by atoms with E-state index in [1.807, 2.05) is 0 Å². The van der Waals surface area contributed by atoms with Gasteiger partial charge in [0.1, 0.15) is 0 Å². The fourth-order valence-corrected chi connectivity index (χ4v) is 8.65. The molecule has 57 heavy (non-hydrogen) atoms. The lowest BCUT2D eigenvalue weighted by Gasteiger charge is -2.27. The maximum Gasteiger partial charge on any atom is 0.0238 e. The molecular weight excluding hydrogens is 695 g/mol. The Kier molecular flexibility index (Phi) is 46.0. The van der Waals surface area contributed by atoms with E-state index in [1.165, 1.54) is 268 Å². The number of nitrogens with one attached hydrogen (secondary N) is 1. The summed E-state index contributed by atoms with van der Waals surface area (Å²) in [6.45, 7) is 21.6. The van der Waals surface area contributed by atoms with Crippen LogP contribution in [-0.2, 0) is 0 Å². The number of nitrogens with zero attached hydrogens (tertiary/aromatic N) is 2. The zero-order valence-electron chi connectivity index (χ0n) is 40.3. The molecule has 1 rings (SSSR count). The van der Waals surface area contributed by atoms with Crippen LogP contribution in [0.25, 0.3) is 0 Å². The first kappa shape index (κ1) is 56.4. The van der Waals surface area contributed by atoms with Crippen molar-refractivity contribution in [2.24, 2.45) is 5.92 Å². The molecule has 342 valence electrons. The Labute approximate surface area is 361 Å². The number of hydrogen-bond donors (Lipinski definition) is 2. The highest BCUT2D eigenvalue weighted by Gasteiger charge is 2.17. The summed E-state index contributed by atoms with van der Waals surface area (Å²) in [5.74, 6) is 0.961. The van der Waals surface area contributed by atoms with Gasteiger partial charge in [0, 0.05) is 37.9 Å². The Hall–Kier alpha value is -0.580. The Morgan fingerprint density at radius 2 is 0.754 bits per heavy atom. The summed E-state index contributed by atoms with van der Waals surface area (Å²) in [7, 11) is 0. The molecule has 1 fully saturated rings. The van der Waals surface area contributed by atoms with Gasteiger partial charge < -0.3 is 15.4 Å². The number of unbranched alkanes of at least 4 members (excludes halogenated alkanes) is 29. The van der Waals surface area contributed by atoms with E-state index in [0.29, 0.717) is 0 Å². The SMILES string of the molecule is C=C(CCCCCCCCCNC1CCC(C)CC1)N(CCCCCCCCCC)CCCCCCCCCC.CCCCCCCCN(O)CCCCCCC. The third kappa shape index (κ3) is 41.9. The predicted molar refractivity (Wildman–Crippen MR) is 258 cm³/mol. The average molecular weight is 804 g/mol. The zero-order chi connectivity index (χ0) is 41.7. The maximum atomic E-state index is 9.64. The second-order valence-corrected chi connectivity index (χ2v) is 18.8. The van der Waals surface area contributed by atoms with Crippen molar-refractivity contribution in [2.45, 2.75) is 291 Å². The summed E-state index contributed by atoms with van der Waals surface area (Å²) in [5.41, 5.74) is 1.44. The number of allylic oxidation sites excluding steroid dienone is 1. The molecule has 0 saturated heterocycles. The average Bonchev–Trinajstić information content (AvgIpc) is 3.21. The molecule has 0 spiro atoms. The van der Waals surface area contributed by atoms with Crippen LogP contribution in [0.1, 0.15) is 285 Å². The zero-order valence-corrected chi connectivity index (χ0v) is 40.3. The molecule has 1 saturated carbocycles. The van der Waals surface area contributed by atoms with Crippen molar-refractivity contribution in [3.63, 3.8) is 0 Å². The highest BCUT2D eigenvalue weighted by molar-refractivity contribution is 4.93. The van der Waals surface area contributed by atoms with Crippen LogP contribution < -0.4 is 5.32 Å². The van der Waals surface area contributed by atoms with E-state index in [2.05, 4.69) is 51.4 Å². The number of hydrogen-bond acceptors (Lipinski definition) is 4. The fourth-order valence-electron chi connectivity index (χ4n) is 8.65. The van der Waals surface area contributed by atoms with Gasteiger partial charge in [-0.25, -0.2) is 0 Å². The predicted octanol–water partition coefficient (Wildman–Crippen LogP) is 17.4. The number of rotatable bonds is 43. The van der Waals surface area contributed by atoms with Crippen molar-refractivity contribution in [1.82, 2.24) is 15.3 Å². The molecule has 1 aliphatic rings. The Morgan fingerprint density at radius 3 is 1.14 bits per heavy atom. The largest absolute Gasteiger partial charge is 0.375 e. The molecule has 0 aromatic rings. The first-order valence-electron chi connectivity index (χ1n) is 26.6. The molecule has 0 heterocycles. The first-order chi connectivity index (χ1) is 28.0. The monoisotopic (exact) mass is 804 g/mol. The van der Waals surface area contributed by atoms with Crippen LogP contribution in [-0.4, -0.2) is 53.9 Å². The van der Waals surface area contributed by atoms with Crippen molar-refractivity contribution in [3.8, 4) is 0 Å². The van der Waals surface area contributed by atoms with Gasteiger partial charge in [-0.05, 0) is 83.1 Å². The molecule has 0 radical (unpaired) electrons. The summed E-state index contributed by atoms with van der Waals surface area (Å²) in [4.78, 5) is 2.69. The molecule has 0 aromatic carbocycles. The topological polar surface area (TPSA) is 38.7 Å². The van der Waals surface area contributed by atoms with E-state index in [0.717, 1.165) is 37.9 Å². The third-order valence-electron chi connectivity index (χ3n) is 12.9. The Balaban J connectivity index is 0.00000154. The fraction of sp³-hybridized carbons (Fsp3) is 0.962. The van der Waals surface area contributed by atoms with Gasteiger partial charge >= 0.3 is 0 Å². The maximum absolute atomic E-state index is 9.64. The molecule has 2 N–H and O–H groups in total. The lowest BCUT2D eigenvalue weighted by atomic mass is 9.87. The van der Waals surface area contributed by atoms with Crippen molar-refractivity contribution in [3.05, 3.63) is 12.3 Å². The smallest absolute Gasteiger partial charge is 0.0238 e. The quantitative estimate of drug-likeness (QED) is 0.0476. The molecular formula is C53H109N3O. The standard InChI is InChI=1S/C38H76N2.C15H33NO/c1-5-7-9-11-13-18-22-26-34-40(35-27-23-19-14-12-10-8-6-2)37(4)28-24-20-16-15-17-21-25-33-39-38-31-29-36(3)30-32-38;1-3-5-7-9-11-13-15-16(17)14-12-10-8-6-4-2/h36,38-39H,4-35H2,1-3H3;17H,3-15H2,1-2H3. The second kappa shape index (κ2) is 46.5. The van der Waals surface area contributed by atoms with Gasteiger partial charge in [0.15, 0.2) is 0 Å². The van der Waals surface area contributed by atoms with E-state index in [-0.39, 0.29) is 0 Å². The van der Waals surface area contributed by atoms with Crippen LogP contribution in [0.5, 0.6) is 0 Å². The van der Waals surface area contributed by atoms with Gasteiger partial charge in [0.2, 0.25) is 0 Å². The molecule has 0 aliphatic heterocycles. The molecule has 0 bridgehead atoms. The number of hydroxylamine groups is 2. The van der Waals surface area contributed by atoms with Crippen molar-refractivity contribution in [1.29, 1.82) is 0 Å². The van der Waals surface area contributed by atoms with E-state index >= 15 is 0 Å². The summed E-state index contributed by atoms with van der Waals surface area (Å²) in [6.07, 6.45) is 53.4. The van der Waals surface area contributed by atoms with Crippen molar-refractivity contribution >= 4 is 0 Å². The lowest BCUT2D eigenvalue weighted by Crippen LogP contribution is -2.33. The van der Waals surface area contributed by atoms with Gasteiger partial charge in [-0.15, -0.1) is 0 Å². The molecule has 0 unspecified atom stereocenters. The minimum atomic E-state index is 0.815. The van der Waals surface area contributed by atoms with Crippen LogP contribution >= 0.6 is 0 Å². The highest BCUT2D eigenvalue weighted by atomic mass is 16.5. The third-order valence-corrected chi connectivity index (χ3v) is 12.9. The van der Waals surface area contributed by atoms with E-state index in [1.54, 1.807) is 0 Å². The minimum Gasteiger partial charge on any atom is -0.375 e. The van der Waals surface area contributed by atoms with Gasteiger partial charge in [0.25, 0.3) is 0 Å². The molecule has 0 amide bonds. The Morgan fingerprint density at radius 1 is 0.439 bits per heavy atom. The van der Waals surface area contributed by atoms with Crippen LogP contribution in [0.4, 0.5) is 0 Å². The van der Waals surface area contributed by atoms with Crippen molar-refractivity contribution in [2.75, 3.05) is 32.7 Å². The van der Waals surface area contributed by atoms with E-state index in [9.17, 15) is 5.21 Å². The summed E-state index contributed by atoms with van der Waals surface area (Å²) in [5, 5.41) is 15.0. The Bertz CT molecular complexity index is 745. The van der Waals surface area contributed by atoms with Gasteiger partial charge in [-0.3, -0.25) is 0 Å². The van der Waals surface area contributed by atoms with Crippen LogP contribution in [0, 0.1) is 5.92 Å². The first-order valence-corrected chi connectivity index (χ1v) is 26.6. The normalized spacial score (nSPS) is 15.6. The van der Waals surface area contributed by atoms with Gasteiger partial charge in [-0.2, -0.15) is 5.06 Å². The van der Waals surface area contributed by atoms with E-state index in [4.69, 9.17) is 0 Å². The minimum absolute atomic E-state index is 0.815. The summed E-state index contributed by atoms with van der Waals surface area (Å²) < 4.78 is 0. The molecule has 4 heteroatoms. The van der Waals surface area contributed by atoms with Gasteiger partial charge in [0.05, 0.1) is 0 Å². The van der Waals surface area contributed by atoms with Crippen molar-refractivity contribution < 1.29 is 5.21 Å². The van der Waals surface area contributed by atoms with Gasteiger partial charge in [-0.1, -0.05) is 221 Å². The molecule has 0 atom stereocenters. The molecule has 4 nitrogen and oxygen atoms in total. The van der Waals surface area contributed by atoms with E-state index < -0.39 is 0 Å². The van der Waals surface area contributed by atoms with Crippen LogP contribution in [0.2, 0.25) is 0 Å². The summed E-state index contributed by atoms with van der Waals surface area (Å²) in [6, 6.07) is 0.815. The lowest BCUT2D eigenvalue weighted by molar-refractivity contribution is -0.0925. The highest BCUT2D eigenvalue weighted by Crippen LogP contribution is 2.23. The molecule has 1 aliphatic carbocycles. The second-order valence-electron chi connectivity index (χ2n) is 18.8.